The third kappa shape index (κ3) is 2.79. The Bertz CT molecular complexity index is 793. The zero-order valence-electron chi connectivity index (χ0n) is 14.2. The van der Waals surface area contributed by atoms with Crippen LogP contribution in [0.4, 0.5) is 0 Å². The van der Waals surface area contributed by atoms with Gasteiger partial charge in [0.15, 0.2) is 0 Å². The molecule has 7 nitrogen and oxygen atoms in total. The van der Waals surface area contributed by atoms with Crippen molar-refractivity contribution in [1.82, 2.24) is 25.0 Å². The van der Waals surface area contributed by atoms with Gasteiger partial charge in [0.05, 0.1) is 17.3 Å². The second-order valence-corrected chi connectivity index (χ2v) is 6.94. The zero-order chi connectivity index (χ0) is 17.4. The molecule has 130 valence electrons. The van der Waals surface area contributed by atoms with Gasteiger partial charge in [0.25, 0.3) is 5.91 Å². The molecule has 2 aliphatic rings. The molecule has 2 saturated heterocycles. The van der Waals surface area contributed by atoms with Crippen molar-refractivity contribution in [2.24, 2.45) is 7.05 Å². The predicted octanol–water partition coefficient (Wildman–Crippen LogP) is 1.09. The SMILES string of the molecule is Cn1cc([C@@H]2CC(=O)NC23CCN(C(=O)c2cccnc2)CC3)cn1. The Morgan fingerprint density at radius 3 is 2.76 bits per heavy atom. The van der Waals surface area contributed by atoms with E-state index in [1.165, 1.54) is 0 Å². The van der Waals surface area contributed by atoms with Crippen LogP contribution < -0.4 is 5.32 Å². The molecule has 0 aliphatic carbocycles. The molecule has 25 heavy (non-hydrogen) atoms. The zero-order valence-corrected chi connectivity index (χ0v) is 14.2. The van der Waals surface area contributed by atoms with Gasteiger partial charge in [-0.3, -0.25) is 19.3 Å². The smallest absolute Gasteiger partial charge is 0.255 e. The molecule has 2 aromatic heterocycles. The minimum atomic E-state index is -0.272. The van der Waals surface area contributed by atoms with E-state index in [9.17, 15) is 9.59 Å². The van der Waals surface area contributed by atoms with E-state index in [2.05, 4.69) is 15.4 Å². The largest absolute Gasteiger partial charge is 0.350 e. The van der Waals surface area contributed by atoms with Crippen LogP contribution in [0.1, 0.15) is 41.1 Å². The number of likely N-dealkylation sites (tertiary alicyclic amines) is 1. The van der Waals surface area contributed by atoms with Crippen molar-refractivity contribution >= 4 is 11.8 Å². The summed E-state index contributed by atoms with van der Waals surface area (Å²) in [6.45, 7) is 1.26. The van der Waals surface area contributed by atoms with Crippen molar-refractivity contribution in [3.8, 4) is 0 Å². The van der Waals surface area contributed by atoms with Crippen LogP contribution in [0.2, 0.25) is 0 Å². The van der Waals surface area contributed by atoms with Crippen LogP contribution in [0.5, 0.6) is 0 Å². The maximum absolute atomic E-state index is 12.6. The summed E-state index contributed by atoms with van der Waals surface area (Å²) in [5.41, 5.74) is 1.43. The van der Waals surface area contributed by atoms with Gasteiger partial charge in [-0.05, 0) is 30.5 Å². The summed E-state index contributed by atoms with van der Waals surface area (Å²) in [5.74, 6) is 0.204. The first-order chi connectivity index (χ1) is 12.1. The molecule has 4 rings (SSSR count). The number of aromatic nitrogens is 3. The van der Waals surface area contributed by atoms with Crippen LogP contribution in [-0.4, -0.2) is 50.1 Å². The number of nitrogens with one attached hydrogen (secondary N) is 1. The molecule has 0 aromatic carbocycles. The molecular weight excluding hydrogens is 318 g/mol. The number of carbonyl (C=O) groups excluding carboxylic acids is 2. The number of rotatable bonds is 2. The highest BCUT2D eigenvalue weighted by Crippen LogP contribution is 2.43. The van der Waals surface area contributed by atoms with Crippen LogP contribution in [0, 0.1) is 0 Å². The fourth-order valence-corrected chi connectivity index (χ4v) is 4.11. The van der Waals surface area contributed by atoms with Crippen LogP contribution in [-0.2, 0) is 11.8 Å². The Morgan fingerprint density at radius 2 is 2.12 bits per heavy atom. The molecule has 1 atom stereocenters. The summed E-state index contributed by atoms with van der Waals surface area (Å²) in [6, 6.07) is 3.56. The summed E-state index contributed by atoms with van der Waals surface area (Å²) in [6.07, 6.45) is 9.09. The van der Waals surface area contributed by atoms with Crippen LogP contribution >= 0.6 is 0 Å². The second-order valence-electron chi connectivity index (χ2n) is 6.94. The molecule has 2 fully saturated rings. The minimum absolute atomic E-state index is 0.00482. The normalized spacial score (nSPS) is 22.2. The molecule has 0 unspecified atom stereocenters. The first-order valence-electron chi connectivity index (χ1n) is 8.56. The van der Waals surface area contributed by atoms with E-state index in [1.54, 1.807) is 29.2 Å². The van der Waals surface area contributed by atoms with Gasteiger partial charge in [0.1, 0.15) is 0 Å². The molecule has 2 aromatic rings. The van der Waals surface area contributed by atoms with Gasteiger partial charge >= 0.3 is 0 Å². The van der Waals surface area contributed by atoms with E-state index in [1.807, 2.05) is 24.3 Å². The number of aryl methyl sites for hydroxylation is 1. The number of carbonyl (C=O) groups is 2. The number of piperidine rings is 1. The second kappa shape index (κ2) is 5.98. The van der Waals surface area contributed by atoms with Crippen molar-refractivity contribution in [2.75, 3.05) is 13.1 Å². The van der Waals surface area contributed by atoms with Crippen LogP contribution in [0.3, 0.4) is 0 Å². The van der Waals surface area contributed by atoms with Crippen LogP contribution in [0.15, 0.2) is 36.9 Å². The number of pyridine rings is 1. The van der Waals surface area contributed by atoms with Gasteiger partial charge in [-0.25, -0.2) is 0 Å². The lowest BCUT2D eigenvalue weighted by molar-refractivity contribution is -0.120. The van der Waals surface area contributed by atoms with Crippen LogP contribution in [0.25, 0.3) is 0 Å². The Morgan fingerprint density at radius 1 is 1.32 bits per heavy atom. The quantitative estimate of drug-likeness (QED) is 0.888. The summed E-state index contributed by atoms with van der Waals surface area (Å²) >= 11 is 0. The molecular formula is C18H21N5O2. The monoisotopic (exact) mass is 339 g/mol. The minimum Gasteiger partial charge on any atom is -0.350 e. The van der Waals surface area contributed by atoms with Crippen molar-refractivity contribution < 1.29 is 9.59 Å². The Hall–Kier alpha value is -2.70. The van der Waals surface area contributed by atoms with E-state index in [4.69, 9.17) is 0 Å². The molecule has 4 heterocycles. The van der Waals surface area contributed by atoms with Gasteiger partial charge in [-0.1, -0.05) is 0 Å². The van der Waals surface area contributed by atoms with Gasteiger partial charge in [0, 0.05) is 51.1 Å². The number of hydrogen-bond acceptors (Lipinski definition) is 4. The predicted molar refractivity (Wildman–Crippen MR) is 90.8 cm³/mol. The molecule has 7 heteroatoms. The van der Waals surface area contributed by atoms with Gasteiger partial charge in [-0.2, -0.15) is 5.10 Å². The topological polar surface area (TPSA) is 80.1 Å². The summed E-state index contributed by atoms with van der Waals surface area (Å²) in [4.78, 5) is 30.6. The Labute approximate surface area is 146 Å². The Kier molecular flexibility index (Phi) is 3.78. The van der Waals surface area contributed by atoms with Gasteiger partial charge in [0.2, 0.25) is 5.91 Å². The number of amides is 2. The maximum Gasteiger partial charge on any atom is 0.255 e. The van der Waals surface area contributed by atoms with Crippen molar-refractivity contribution in [3.63, 3.8) is 0 Å². The molecule has 2 aliphatic heterocycles. The molecule has 1 N–H and O–H groups in total. The molecule has 1 spiro atoms. The standard InChI is InChI=1S/C18H21N5O2/c1-22-12-14(11-20-22)15-9-16(24)21-18(15)4-7-23(8-5-18)17(25)13-3-2-6-19-10-13/h2-3,6,10-12,15H,4-5,7-9H2,1H3,(H,21,24)/t15-/m0/s1. The molecule has 0 radical (unpaired) electrons. The molecule has 2 amide bonds. The van der Waals surface area contributed by atoms with E-state index in [-0.39, 0.29) is 23.3 Å². The molecule has 0 saturated carbocycles. The van der Waals surface area contributed by atoms with E-state index in [0.29, 0.717) is 25.1 Å². The lowest BCUT2D eigenvalue weighted by atomic mass is 9.75. The third-order valence-corrected chi connectivity index (χ3v) is 5.42. The Balaban J connectivity index is 1.51. The lowest BCUT2D eigenvalue weighted by Gasteiger charge is -2.42. The summed E-state index contributed by atoms with van der Waals surface area (Å²) in [7, 11) is 1.88. The first-order valence-corrected chi connectivity index (χ1v) is 8.56. The highest BCUT2D eigenvalue weighted by molar-refractivity contribution is 5.94. The van der Waals surface area contributed by atoms with Gasteiger partial charge in [-0.15, -0.1) is 0 Å². The first kappa shape index (κ1) is 15.8. The van der Waals surface area contributed by atoms with Gasteiger partial charge < -0.3 is 10.2 Å². The average Bonchev–Trinajstić information content (AvgIpc) is 3.19. The third-order valence-electron chi connectivity index (χ3n) is 5.42. The number of hydrogen-bond donors (Lipinski definition) is 1. The van der Waals surface area contributed by atoms with Crippen molar-refractivity contribution in [2.45, 2.75) is 30.7 Å². The van der Waals surface area contributed by atoms with Crippen molar-refractivity contribution in [1.29, 1.82) is 0 Å². The van der Waals surface area contributed by atoms with E-state index < -0.39 is 0 Å². The fraction of sp³-hybridized carbons (Fsp3) is 0.444. The average molecular weight is 339 g/mol. The summed E-state index contributed by atoms with van der Waals surface area (Å²) < 4.78 is 1.77. The fourth-order valence-electron chi connectivity index (χ4n) is 4.11. The van der Waals surface area contributed by atoms with E-state index in [0.717, 1.165) is 18.4 Å². The van der Waals surface area contributed by atoms with E-state index >= 15 is 0 Å². The maximum atomic E-state index is 12.6. The molecule has 0 bridgehead atoms. The highest BCUT2D eigenvalue weighted by atomic mass is 16.2. The highest BCUT2D eigenvalue weighted by Gasteiger charge is 2.49. The van der Waals surface area contributed by atoms with Crippen molar-refractivity contribution in [3.05, 3.63) is 48.0 Å². The number of nitrogens with zero attached hydrogens (tertiary/aromatic N) is 4. The summed E-state index contributed by atoms with van der Waals surface area (Å²) in [5, 5.41) is 7.45. The lowest BCUT2D eigenvalue weighted by Crippen LogP contribution is -2.54.